The lowest BCUT2D eigenvalue weighted by Crippen LogP contribution is -2.47. The van der Waals surface area contributed by atoms with Crippen molar-refractivity contribution in [3.05, 3.63) is 12.3 Å². The van der Waals surface area contributed by atoms with E-state index in [-0.39, 0.29) is 5.03 Å². The maximum absolute atomic E-state index is 11.8. The molecule has 0 saturated carbocycles. The van der Waals surface area contributed by atoms with Crippen molar-refractivity contribution in [1.82, 2.24) is 14.5 Å². The minimum Gasteiger partial charge on any atom is -0.480 e. The molecule has 0 aliphatic carbocycles. The molecule has 17 heavy (non-hydrogen) atoms. The molecule has 1 rings (SSSR count). The Morgan fingerprint density at radius 3 is 2.53 bits per heavy atom. The predicted molar refractivity (Wildman–Crippen MR) is 56.6 cm³/mol. The Bertz CT molecular complexity index is 507. The first-order valence-corrected chi connectivity index (χ1v) is 6.15. The summed E-state index contributed by atoms with van der Waals surface area (Å²) < 4.78 is 26.6. The fourth-order valence-electron chi connectivity index (χ4n) is 1.21. The van der Waals surface area contributed by atoms with Crippen LogP contribution in [0.1, 0.15) is 6.92 Å². The monoisotopic (exact) mass is 263 g/mol. The van der Waals surface area contributed by atoms with Gasteiger partial charge < -0.3 is 10.2 Å². The summed E-state index contributed by atoms with van der Waals surface area (Å²) in [4.78, 5) is 10.8. The van der Waals surface area contributed by atoms with E-state index >= 15 is 0 Å². The van der Waals surface area contributed by atoms with E-state index in [1.54, 1.807) is 0 Å². The van der Waals surface area contributed by atoms with Gasteiger partial charge in [-0.3, -0.25) is 9.48 Å². The molecule has 1 heterocycles. The Kier molecular flexibility index (Phi) is 3.86. The van der Waals surface area contributed by atoms with Gasteiger partial charge in [-0.15, -0.1) is 0 Å². The molecule has 0 unspecified atom stereocenters. The molecule has 3 N–H and O–H groups in total. The topological polar surface area (TPSA) is 122 Å². The van der Waals surface area contributed by atoms with E-state index in [0.29, 0.717) is 0 Å². The molecule has 0 bridgehead atoms. The number of aliphatic carboxylic acids is 1. The van der Waals surface area contributed by atoms with Crippen LogP contribution in [0.5, 0.6) is 0 Å². The molecular weight excluding hydrogens is 250 g/mol. The van der Waals surface area contributed by atoms with Crippen molar-refractivity contribution in [2.24, 2.45) is 7.05 Å². The quantitative estimate of drug-likeness (QED) is 0.596. The average Bonchev–Trinajstić information content (AvgIpc) is 2.60. The van der Waals surface area contributed by atoms with Crippen molar-refractivity contribution in [2.75, 3.05) is 0 Å². The number of aryl methyl sites for hydroxylation is 1. The Balaban J connectivity index is 3.01. The van der Waals surface area contributed by atoms with E-state index in [4.69, 9.17) is 5.11 Å². The highest BCUT2D eigenvalue weighted by molar-refractivity contribution is 7.89. The van der Waals surface area contributed by atoms with E-state index < -0.39 is 28.1 Å². The maximum atomic E-state index is 11.8. The van der Waals surface area contributed by atoms with Crippen LogP contribution in [0.4, 0.5) is 0 Å². The number of carbonyl (C=O) groups is 1. The number of rotatable bonds is 5. The third-order valence-corrected chi connectivity index (χ3v) is 3.60. The Labute approximate surface area is 97.9 Å². The van der Waals surface area contributed by atoms with E-state index in [1.165, 1.54) is 26.2 Å². The number of aliphatic hydroxyl groups is 1. The van der Waals surface area contributed by atoms with E-state index in [2.05, 4.69) is 5.10 Å². The first-order valence-electron chi connectivity index (χ1n) is 4.67. The second-order valence-corrected chi connectivity index (χ2v) is 5.13. The van der Waals surface area contributed by atoms with Crippen molar-refractivity contribution >= 4 is 16.0 Å². The molecule has 0 spiro atoms. The van der Waals surface area contributed by atoms with Gasteiger partial charge in [0.25, 0.3) is 10.0 Å². The summed E-state index contributed by atoms with van der Waals surface area (Å²) in [7, 11) is -2.62. The van der Waals surface area contributed by atoms with Crippen molar-refractivity contribution in [3.63, 3.8) is 0 Å². The molecule has 96 valence electrons. The zero-order chi connectivity index (χ0) is 13.2. The van der Waals surface area contributed by atoms with Gasteiger partial charge in [-0.05, 0) is 13.0 Å². The normalized spacial score (nSPS) is 15.5. The summed E-state index contributed by atoms with van der Waals surface area (Å²) in [5.74, 6) is -1.45. The minimum atomic E-state index is -4.03. The van der Waals surface area contributed by atoms with Crippen molar-refractivity contribution < 1.29 is 23.4 Å². The first kappa shape index (κ1) is 13.6. The van der Waals surface area contributed by atoms with Gasteiger partial charge in [0, 0.05) is 7.05 Å². The van der Waals surface area contributed by atoms with Gasteiger partial charge >= 0.3 is 5.97 Å². The second kappa shape index (κ2) is 4.82. The van der Waals surface area contributed by atoms with Crippen molar-refractivity contribution in [2.45, 2.75) is 24.1 Å². The van der Waals surface area contributed by atoms with Gasteiger partial charge in [-0.2, -0.15) is 9.82 Å². The maximum Gasteiger partial charge on any atom is 0.324 e. The lowest BCUT2D eigenvalue weighted by Gasteiger charge is -2.16. The Morgan fingerprint density at radius 1 is 1.59 bits per heavy atom. The number of aromatic nitrogens is 2. The number of carboxylic acid groups (broad SMARTS) is 1. The van der Waals surface area contributed by atoms with Gasteiger partial charge in [0.15, 0.2) is 5.03 Å². The molecule has 8 nitrogen and oxygen atoms in total. The summed E-state index contributed by atoms with van der Waals surface area (Å²) in [6, 6.07) is -0.376. The van der Waals surface area contributed by atoms with Crippen LogP contribution < -0.4 is 4.72 Å². The number of sulfonamides is 1. The molecular formula is C8H13N3O5S. The van der Waals surface area contributed by atoms with Gasteiger partial charge in [-0.1, -0.05) is 0 Å². The molecule has 0 radical (unpaired) electrons. The summed E-state index contributed by atoms with van der Waals surface area (Å²) in [6.07, 6.45) is -0.0808. The largest absolute Gasteiger partial charge is 0.480 e. The predicted octanol–water partition coefficient (Wildman–Crippen LogP) is -1.47. The Hall–Kier alpha value is -1.45. The van der Waals surface area contributed by atoms with Crippen LogP contribution in [0.3, 0.4) is 0 Å². The second-order valence-electron chi connectivity index (χ2n) is 3.47. The lowest BCUT2D eigenvalue weighted by atomic mass is 10.2. The van der Waals surface area contributed by atoms with Crippen LogP contribution in [0.2, 0.25) is 0 Å². The highest BCUT2D eigenvalue weighted by Gasteiger charge is 2.30. The molecule has 1 aromatic rings. The SMILES string of the molecule is C[C@@H](O)[C@H](NS(=O)(=O)c1ccnn1C)C(=O)O. The molecule has 9 heteroatoms. The highest BCUT2D eigenvalue weighted by Crippen LogP contribution is 2.08. The average molecular weight is 263 g/mol. The van der Waals surface area contributed by atoms with E-state index in [9.17, 15) is 18.3 Å². The lowest BCUT2D eigenvalue weighted by molar-refractivity contribution is -0.141. The molecule has 0 aliphatic rings. The molecule has 1 aromatic heterocycles. The van der Waals surface area contributed by atoms with E-state index in [1.807, 2.05) is 4.72 Å². The van der Waals surface area contributed by atoms with E-state index in [0.717, 1.165) is 4.68 Å². The van der Waals surface area contributed by atoms with Crippen LogP contribution in [0, 0.1) is 0 Å². The Morgan fingerprint density at radius 2 is 2.18 bits per heavy atom. The van der Waals surface area contributed by atoms with Crippen molar-refractivity contribution in [1.29, 1.82) is 0 Å². The van der Waals surface area contributed by atoms with Gasteiger partial charge in [0.05, 0.1) is 12.3 Å². The fraction of sp³-hybridized carbons (Fsp3) is 0.500. The smallest absolute Gasteiger partial charge is 0.324 e. The zero-order valence-corrected chi connectivity index (χ0v) is 10.0. The van der Waals surface area contributed by atoms with Gasteiger partial charge in [-0.25, -0.2) is 8.42 Å². The zero-order valence-electron chi connectivity index (χ0n) is 9.23. The van der Waals surface area contributed by atoms with Crippen LogP contribution in [-0.4, -0.2) is 46.5 Å². The number of nitrogens with zero attached hydrogens (tertiary/aromatic N) is 2. The van der Waals surface area contributed by atoms with Gasteiger partial charge in [0.1, 0.15) is 6.04 Å². The molecule has 0 amide bonds. The molecule has 0 aromatic carbocycles. The third kappa shape index (κ3) is 3.02. The van der Waals surface area contributed by atoms with Crippen LogP contribution in [0.15, 0.2) is 17.3 Å². The molecule has 0 fully saturated rings. The van der Waals surface area contributed by atoms with Crippen LogP contribution in [0.25, 0.3) is 0 Å². The summed E-state index contributed by atoms with van der Waals surface area (Å²) in [5, 5.41) is 21.4. The number of hydrogen-bond donors (Lipinski definition) is 3. The molecule has 0 aliphatic heterocycles. The minimum absolute atomic E-state index is 0.176. The van der Waals surface area contributed by atoms with Crippen LogP contribution >= 0.6 is 0 Å². The van der Waals surface area contributed by atoms with Gasteiger partial charge in [0.2, 0.25) is 0 Å². The summed E-state index contributed by atoms with van der Waals surface area (Å²) in [5.41, 5.74) is 0. The number of hydrogen-bond acceptors (Lipinski definition) is 5. The molecule has 0 saturated heterocycles. The number of carboxylic acids is 1. The standard InChI is InChI=1S/C8H13N3O5S/c1-5(12)7(8(13)14)10-17(15,16)6-3-4-9-11(6)2/h3-5,7,10,12H,1-2H3,(H,13,14)/t5-,7+/m1/s1. The van der Waals surface area contributed by atoms with Crippen molar-refractivity contribution in [3.8, 4) is 0 Å². The number of nitrogens with one attached hydrogen (secondary N) is 1. The highest BCUT2D eigenvalue weighted by atomic mass is 32.2. The molecule has 2 atom stereocenters. The van der Waals surface area contributed by atoms with Crippen LogP contribution in [-0.2, 0) is 21.9 Å². The number of aliphatic hydroxyl groups excluding tert-OH is 1. The summed E-state index contributed by atoms with van der Waals surface area (Å²) in [6.45, 7) is 1.19. The first-order chi connectivity index (χ1) is 7.75. The third-order valence-electron chi connectivity index (χ3n) is 2.08. The summed E-state index contributed by atoms with van der Waals surface area (Å²) >= 11 is 0. The fourth-order valence-corrected chi connectivity index (χ4v) is 2.60.